The molecule has 0 saturated heterocycles. The van der Waals surface area contributed by atoms with Crippen LogP contribution in [0.1, 0.15) is 23.0 Å². The van der Waals surface area contributed by atoms with Gasteiger partial charge in [0.05, 0.1) is 18.5 Å². The van der Waals surface area contributed by atoms with E-state index in [-0.39, 0.29) is 12.3 Å². The first-order valence-electron chi connectivity index (χ1n) is 5.09. The highest BCUT2D eigenvalue weighted by molar-refractivity contribution is 5.95. The molecular weight excluding hydrogens is 220 g/mol. The van der Waals surface area contributed by atoms with Gasteiger partial charge in [-0.1, -0.05) is 0 Å². The fourth-order valence-corrected chi connectivity index (χ4v) is 1.17. The van der Waals surface area contributed by atoms with Gasteiger partial charge in [0.25, 0.3) is 0 Å². The van der Waals surface area contributed by atoms with E-state index >= 15 is 0 Å². The monoisotopic (exact) mass is 234 g/mol. The molecule has 0 aliphatic carbocycles. The van der Waals surface area contributed by atoms with Gasteiger partial charge in [-0.15, -0.1) is 0 Å². The van der Waals surface area contributed by atoms with Gasteiger partial charge < -0.3 is 14.6 Å². The number of esters is 1. The predicted molar refractivity (Wildman–Crippen MR) is 63.3 cm³/mol. The Kier molecular flexibility index (Phi) is 4.29. The second kappa shape index (κ2) is 5.70. The topological polar surface area (TPSA) is 81.5 Å². The molecule has 0 aliphatic heterocycles. The highest BCUT2D eigenvalue weighted by Crippen LogP contribution is 2.23. The van der Waals surface area contributed by atoms with Crippen molar-refractivity contribution in [2.24, 2.45) is 4.99 Å². The molecule has 1 aromatic heterocycles. The van der Waals surface area contributed by atoms with E-state index in [9.17, 15) is 4.79 Å². The lowest BCUT2D eigenvalue weighted by atomic mass is 10.2. The number of rotatable bonds is 4. The van der Waals surface area contributed by atoms with E-state index in [1.165, 1.54) is 12.5 Å². The Balaban J connectivity index is 3.11. The van der Waals surface area contributed by atoms with Crippen LogP contribution in [0, 0.1) is 11.3 Å². The summed E-state index contributed by atoms with van der Waals surface area (Å²) < 4.78 is 4.87. The van der Waals surface area contributed by atoms with Crippen molar-refractivity contribution in [1.29, 1.82) is 5.26 Å². The number of nitrogens with one attached hydrogen (secondary N) is 1. The summed E-state index contributed by atoms with van der Waals surface area (Å²) in [6, 6.07) is 1.97. The maximum absolute atomic E-state index is 11.6. The van der Waals surface area contributed by atoms with E-state index in [1.807, 2.05) is 6.07 Å². The molecule has 90 valence electrons. The number of nitrogens with zero attached hydrogens (tertiary/aromatic N) is 3. The van der Waals surface area contributed by atoms with Crippen LogP contribution in [0.4, 0.5) is 5.69 Å². The molecule has 0 saturated carbocycles. The summed E-state index contributed by atoms with van der Waals surface area (Å²) in [7, 11) is 3.60. The molecule has 0 unspecified atom stereocenters. The molecular formula is C11H14N4O2. The average molecular weight is 234 g/mol. The van der Waals surface area contributed by atoms with Gasteiger partial charge in [0.15, 0.2) is 5.69 Å². The second-order valence-electron chi connectivity index (χ2n) is 3.47. The number of carbonyl (C=O) groups excluding carboxylic acids is 1. The Morgan fingerprint density at radius 1 is 1.71 bits per heavy atom. The first kappa shape index (κ1) is 12.8. The molecule has 0 aromatic carbocycles. The Morgan fingerprint density at radius 2 is 2.41 bits per heavy atom. The van der Waals surface area contributed by atoms with Crippen molar-refractivity contribution >= 4 is 18.0 Å². The SMILES string of the molecule is CCOC(=O)c1[nH]cc(C#N)c1/N=C/N(C)C. The molecule has 0 radical (unpaired) electrons. The standard InChI is InChI=1S/C11H14N4O2/c1-4-17-11(16)10-9(14-7-15(2)3)8(5-12)6-13-10/h6-7,13H,4H2,1-3H3/b14-7+. The quantitative estimate of drug-likeness (QED) is 0.483. The fraction of sp³-hybridized carbons (Fsp3) is 0.364. The molecule has 0 spiro atoms. The van der Waals surface area contributed by atoms with Crippen LogP contribution in [-0.2, 0) is 4.74 Å². The lowest BCUT2D eigenvalue weighted by Crippen LogP contribution is -2.08. The van der Waals surface area contributed by atoms with Crippen LogP contribution in [0.5, 0.6) is 0 Å². The molecule has 6 heteroatoms. The number of carbonyl (C=O) groups is 1. The highest BCUT2D eigenvalue weighted by Gasteiger charge is 2.17. The van der Waals surface area contributed by atoms with Crippen LogP contribution in [0.2, 0.25) is 0 Å². The maximum Gasteiger partial charge on any atom is 0.357 e. The third-order valence-electron chi connectivity index (χ3n) is 1.87. The first-order chi connectivity index (χ1) is 8.10. The third-order valence-corrected chi connectivity index (χ3v) is 1.87. The van der Waals surface area contributed by atoms with Crippen LogP contribution < -0.4 is 0 Å². The largest absolute Gasteiger partial charge is 0.461 e. The van der Waals surface area contributed by atoms with Gasteiger partial charge in [0, 0.05) is 20.3 Å². The van der Waals surface area contributed by atoms with Crippen molar-refractivity contribution in [2.75, 3.05) is 20.7 Å². The summed E-state index contributed by atoms with van der Waals surface area (Å²) in [6.07, 6.45) is 2.96. The van der Waals surface area contributed by atoms with Crippen LogP contribution >= 0.6 is 0 Å². The number of hydrogen-bond acceptors (Lipinski definition) is 4. The summed E-state index contributed by atoms with van der Waals surface area (Å²) in [5.41, 5.74) is 0.812. The second-order valence-corrected chi connectivity index (χ2v) is 3.47. The van der Waals surface area contributed by atoms with Gasteiger partial charge in [-0.25, -0.2) is 9.79 Å². The van der Waals surface area contributed by atoms with E-state index in [2.05, 4.69) is 9.98 Å². The molecule has 17 heavy (non-hydrogen) atoms. The Hall–Kier alpha value is -2.29. The summed E-state index contributed by atoms with van der Waals surface area (Å²) in [4.78, 5) is 20.1. The number of aliphatic imine (C=N–C) groups is 1. The molecule has 0 amide bonds. The van der Waals surface area contributed by atoms with Gasteiger partial charge in [-0.2, -0.15) is 5.26 Å². The highest BCUT2D eigenvalue weighted by atomic mass is 16.5. The van der Waals surface area contributed by atoms with Gasteiger partial charge >= 0.3 is 5.97 Å². The summed E-state index contributed by atoms with van der Waals surface area (Å²) in [5.74, 6) is -0.514. The van der Waals surface area contributed by atoms with E-state index in [0.717, 1.165) is 0 Å². The summed E-state index contributed by atoms with van der Waals surface area (Å²) in [6.45, 7) is 1.99. The molecule has 0 bridgehead atoms. The number of aromatic nitrogens is 1. The van der Waals surface area contributed by atoms with Gasteiger partial charge in [0.1, 0.15) is 11.8 Å². The lowest BCUT2D eigenvalue weighted by Gasteiger charge is -2.03. The van der Waals surface area contributed by atoms with Crippen LogP contribution in [-0.4, -0.2) is 42.9 Å². The lowest BCUT2D eigenvalue weighted by molar-refractivity contribution is 0.0521. The minimum Gasteiger partial charge on any atom is -0.461 e. The van der Waals surface area contributed by atoms with Crippen LogP contribution in [0.25, 0.3) is 0 Å². The Morgan fingerprint density at radius 3 is 2.94 bits per heavy atom. The van der Waals surface area contributed by atoms with Gasteiger partial charge in [0.2, 0.25) is 0 Å². The van der Waals surface area contributed by atoms with Crippen molar-refractivity contribution in [3.05, 3.63) is 17.5 Å². The van der Waals surface area contributed by atoms with Crippen molar-refractivity contribution in [3.63, 3.8) is 0 Å². The zero-order valence-corrected chi connectivity index (χ0v) is 10.0. The number of aromatic amines is 1. The molecule has 1 N–H and O–H groups in total. The molecule has 0 atom stereocenters. The van der Waals surface area contributed by atoms with Crippen molar-refractivity contribution in [2.45, 2.75) is 6.92 Å². The molecule has 1 rings (SSSR count). The van der Waals surface area contributed by atoms with Crippen molar-refractivity contribution < 1.29 is 9.53 Å². The van der Waals surface area contributed by atoms with Gasteiger partial charge in [-0.05, 0) is 6.92 Å². The third kappa shape index (κ3) is 3.08. The molecule has 0 aliphatic rings. The summed E-state index contributed by atoms with van der Waals surface area (Å²) in [5, 5.41) is 8.90. The van der Waals surface area contributed by atoms with Crippen LogP contribution in [0.15, 0.2) is 11.2 Å². The number of nitriles is 1. The van der Waals surface area contributed by atoms with E-state index < -0.39 is 5.97 Å². The van der Waals surface area contributed by atoms with E-state index in [4.69, 9.17) is 10.00 Å². The molecule has 6 nitrogen and oxygen atoms in total. The average Bonchev–Trinajstić information content (AvgIpc) is 2.69. The predicted octanol–water partition coefficient (Wildman–Crippen LogP) is 1.28. The van der Waals surface area contributed by atoms with E-state index in [0.29, 0.717) is 11.3 Å². The minimum atomic E-state index is -0.514. The number of ether oxygens (including phenoxy) is 1. The molecule has 1 heterocycles. The molecule has 0 fully saturated rings. The maximum atomic E-state index is 11.6. The first-order valence-corrected chi connectivity index (χ1v) is 5.09. The van der Waals surface area contributed by atoms with E-state index in [1.54, 1.807) is 25.9 Å². The Bertz CT molecular complexity index is 468. The smallest absolute Gasteiger partial charge is 0.357 e. The zero-order chi connectivity index (χ0) is 12.8. The molecule has 1 aromatic rings. The van der Waals surface area contributed by atoms with Crippen LogP contribution in [0.3, 0.4) is 0 Å². The number of H-pyrrole nitrogens is 1. The summed E-state index contributed by atoms with van der Waals surface area (Å²) >= 11 is 0. The normalized spacial score (nSPS) is 10.2. The van der Waals surface area contributed by atoms with Crippen molar-refractivity contribution in [1.82, 2.24) is 9.88 Å². The minimum absolute atomic E-state index is 0.196. The fourth-order valence-electron chi connectivity index (χ4n) is 1.17. The number of hydrogen-bond donors (Lipinski definition) is 1. The zero-order valence-electron chi connectivity index (χ0n) is 10.0. The van der Waals surface area contributed by atoms with Crippen molar-refractivity contribution in [3.8, 4) is 6.07 Å². The van der Waals surface area contributed by atoms with Gasteiger partial charge in [-0.3, -0.25) is 0 Å². The Labute approximate surface area is 99.5 Å².